The van der Waals surface area contributed by atoms with Gasteiger partial charge in [-0.05, 0) is 6.07 Å². The maximum Gasteiger partial charge on any atom is 0.244 e. The highest BCUT2D eigenvalue weighted by Crippen LogP contribution is 2.33. The number of benzene rings is 1. The largest absolute Gasteiger partial charge is 0.495 e. The third kappa shape index (κ3) is 3.53. The summed E-state index contributed by atoms with van der Waals surface area (Å²) in [7, 11) is -0.927. The second-order valence-corrected chi connectivity index (χ2v) is 5.33. The lowest BCUT2D eigenvalue weighted by molar-refractivity contribution is 0.387. The molecule has 0 aliphatic carbocycles. The summed E-state index contributed by atoms with van der Waals surface area (Å²) < 4.78 is 36.6. The summed E-state index contributed by atoms with van der Waals surface area (Å²) in [5.41, 5.74) is 5.91. The summed E-state index contributed by atoms with van der Waals surface area (Å²) in [6, 6.07) is 2.71. The Balaban J connectivity index is 3.19. The van der Waals surface area contributed by atoms with Crippen LogP contribution in [0.3, 0.4) is 0 Å². The molecule has 1 aromatic carbocycles. The number of hydrogen-bond acceptors (Lipinski definition) is 5. The van der Waals surface area contributed by atoms with Gasteiger partial charge in [-0.15, -0.1) is 12.3 Å². The predicted molar refractivity (Wildman–Crippen MR) is 72.6 cm³/mol. The fraction of sp³-hybridized carbons (Fsp3) is 0.333. The molecule has 7 heteroatoms. The minimum absolute atomic E-state index is 0.0506. The third-order valence-corrected chi connectivity index (χ3v) is 3.85. The third-order valence-electron chi connectivity index (χ3n) is 2.37. The van der Waals surface area contributed by atoms with E-state index in [0.717, 1.165) is 0 Å². The summed E-state index contributed by atoms with van der Waals surface area (Å²) in [5, 5.41) is 0. The number of ether oxygens (including phenoxy) is 2. The highest BCUT2D eigenvalue weighted by molar-refractivity contribution is 7.89. The van der Waals surface area contributed by atoms with Crippen molar-refractivity contribution in [3.05, 3.63) is 12.1 Å². The summed E-state index contributed by atoms with van der Waals surface area (Å²) in [6.07, 6.45) is 5.37. The van der Waals surface area contributed by atoms with Crippen LogP contribution in [0.2, 0.25) is 0 Å². The van der Waals surface area contributed by atoms with Crippen molar-refractivity contribution >= 4 is 15.7 Å². The zero-order valence-electron chi connectivity index (χ0n) is 10.8. The molecule has 1 aromatic rings. The van der Waals surface area contributed by atoms with Crippen molar-refractivity contribution in [2.75, 3.05) is 26.5 Å². The number of terminal acetylenes is 1. The average molecular weight is 284 g/mol. The number of nitrogens with two attached hydrogens (primary N) is 1. The van der Waals surface area contributed by atoms with Crippen molar-refractivity contribution in [2.24, 2.45) is 0 Å². The Morgan fingerprint density at radius 2 is 1.95 bits per heavy atom. The molecule has 19 heavy (non-hydrogen) atoms. The van der Waals surface area contributed by atoms with E-state index in [1.54, 1.807) is 0 Å². The minimum atomic E-state index is -3.73. The number of nitrogen functional groups attached to an aromatic ring is 1. The van der Waals surface area contributed by atoms with E-state index in [9.17, 15) is 8.42 Å². The maximum atomic E-state index is 12.1. The summed E-state index contributed by atoms with van der Waals surface area (Å²) in [4.78, 5) is -0.0506. The molecule has 1 rings (SSSR count). The zero-order chi connectivity index (χ0) is 14.5. The Hall–Kier alpha value is -1.91. The molecule has 0 atom stereocenters. The van der Waals surface area contributed by atoms with Gasteiger partial charge in [0.2, 0.25) is 10.0 Å². The summed E-state index contributed by atoms with van der Waals surface area (Å²) in [5.74, 6) is 2.85. The van der Waals surface area contributed by atoms with Crippen LogP contribution >= 0.6 is 0 Å². The average Bonchev–Trinajstić information content (AvgIpc) is 2.38. The van der Waals surface area contributed by atoms with Crippen molar-refractivity contribution in [3.8, 4) is 23.8 Å². The quantitative estimate of drug-likeness (QED) is 0.453. The Labute approximate surface area is 112 Å². The van der Waals surface area contributed by atoms with Crippen LogP contribution < -0.4 is 19.9 Å². The second kappa shape index (κ2) is 6.31. The van der Waals surface area contributed by atoms with E-state index < -0.39 is 10.0 Å². The van der Waals surface area contributed by atoms with Crippen LogP contribution in [0.5, 0.6) is 11.5 Å². The minimum Gasteiger partial charge on any atom is -0.495 e. The number of sulfonamides is 1. The van der Waals surface area contributed by atoms with Gasteiger partial charge in [-0.2, -0.15) is 0 Å². The number of methoxy groups -OCH3 is 2. The molecule has 0 aliphatic rings. The molecule has 0 aliphatic heterocycles. The van der Waals surface area contributed by atoms with Gasteiger partial charge < -0.3 is 15.2 Å². The predicted octanol–water partition coefficient (Wildman–Crippen LogP) is 0.588. The molecular formula is C12H16N2O4S. The van der Waals surface area contributed by atoms with Crippen LogP contribution in [0.1, 0.15) is 6.42 Å². The first-order valence-electron chi connectivity index (χ1n) is 5.41. The first-order chi connectivity index (χ1) is 8.96. The smallest absolute Gasteiger partial charge is 0.244 e. The van der Waals surface area contributed by atoms with Gasteiger partial charge in [0.05, 0.1) is 19.9 Å². The molecule has 0 fully saturated rings. The fourth-order valence-corrected chi connectivity index (χ4v) is 2.65. The van der Waals surface area contributed by atoms with E-state index in [0.29, 0.717) is 12.2 Å². The van der Waals surface area contributed by atoms with E-state index in [2.05, 4.69) is 10.6 Å². The van der Waals surface area contributed by atoms with Gasteiger partial charge in [0.15, 0.2) is 0 Å². The molecule has 0 aromatic heterocycles. The lowest BCUT2D eigenvalue weighted by Crippen LogP contribution is -2.25. The molecule has 0 saturated carbocycles. The number of rotatable bonds is 6. The number of nitrogens with one attached hydrogen (secondary N) is 1. The Kier molecular flexibility index (Phi) is 5.03. The van der Waals surface area contributed by atoms with Crippen LogP contribution in [0.25, 0.3) is 0 Å². The van der Waals surface area contributed by atoms with Crippen molar-refractivity contribution < 1.29 is 17.9 Å². The number of hydrogen-bond donors (Lipinski definition) is 2. The van der Waals surface area contributed by atoms with Crippen molar-refractivity contribution in [1.82, 2.24) is 4.72 Å². The standard InChI is InChI=1S/C12H16N2O4S/c1-4-5-6-14-19(15,16)12-7-9(13)10(17-2)8-11(12)18-3/h1,7-8,14H,5-6,13H2,2-3H3. The molecule has 6 nitrogen and oxygen atoms in total. The zero-order valence-corrected chi connectivity index (χ0v) is 11.6. The lowest BCUT2D eigenvalue weighted by Gasteiger charge is -2.13. The Morgan fingerprint density at radius 1 is 1.32 bits per heavy atom. The van der Waals surface area contributed by atoms with Gasteiger partial charge in [-0.3, -0.25) is 0 Å². The SMILES string of the molecule is C#CCCNS(=O)(=O)c1cc(N)c(OC)cc1OC. The molecule has 0 saturated heterocycles. The lowest BCUT2D eigenvalue weighted by atomic mass is 10.3. The van der Waals surface area contributed by atoms with Crippen LogP contribution in [0.15, 0.2) is 17.0 Å². The van der Waals surface area contributed by atoms with Gasteiger partial charge >= 0.3 is 0 Å². The summed E-state index contributed by atoms with van der Waals surface area (Å²) in [6.45, 7) is 0.147. The monoisotopic (exact) mass is 284 g/mol. The van der Waals surface area contributed by atoms with E-state index in [4.69, 9.17) is 21.6 Å². The molecule has 0 spiro atoms. The van der Waals surface area contributed by atoms with E-state index in [1.807, 2.05) is 0 Å². The Bertz CT molecular complexity index is 590. The van der Waals surface area contributed by atoms with Crippen LogP contribution in [-0.2, 0) is 10.0 Å². The normalized spacial score (nSPS) is 10.8. The van der Waals surface area contributed by atoms with E-state index in [-0.39, 0.29) is 22.9 Å². The first kappa shape index (κ1) is 15.1. The molecule has 0 heterocycles. The van der Waals surface area contributed by atoms with Crippen LogP contribution in [0.4, 0.5) is 5.69 Å². The van der Waals surface area contributed by atoms with Crippen molar-refractivity contribution in [2.45, 2.75) is 11.3 Å². The highest BCUT2D eigenvalue weighted by Gasteiger charge is 2.21. The van der Waals surface area contributed by atoms with Gasteiger partial charge in [0.25, 0.3) is 0 Å². The number of anilines is 1. The topological polar surface area (TPSA) is 90.7 Å². The van der Waals surface area contributed by atoms with Gasteiger partial charge in [-0.1, -0.05) is 0 Å². The molecule has 3 N–H and O–H groups in total. The van der Waals surface area contributed by atoms with E-state index in [1.165, 1.54) is 26.4 Å². The molecule has 0 radical (unpaired) electrons. The van der Waals surface area contributed by atoms with Gasteiger partial charge in [-0.25, -0.2) is 13.1 Å². The fourth-order valence-electron chi connectivity index (χ4n) is 1.44. The van der Waals surface area contributed by atoms with E-state index >= 15 is 0 Å². The maximum absolute atomic E-state index is 12.1. The first-order valence-corrected chi connectivity index (χ1v) is 6.89. The van der Waals surface area contributed by atoms with Crippen LogP contribution in [-0.4, -0.2) is 29.2 Å². The molecule has 104 valence electrons. The Morgan fingerprint density at radius 3 is 2.47 bits per heavy atom. The summed E-state index contributed by atoms with van der Waals surface area (Å²) >= 11 is 0. The van der Waals surface area contributed by atoms with Crippen molar-refractivity contribution in [1.29, 1.82) is 0 Å². The molecule has 0 amide bonds. The molecule has 0 unspecified atom stereocenters. The second-order valence-electron chi connectivity index (χ2n) is 3.60. The van der Waals surface area contributed by atoms with Gasteiger partial charge in [0, 0.05) is 19.0 Å². The molecular weight excluding hydrogens is 268 g/mol. The van der Waals surface area contributed by atoms with Gasteiger partial charge in [0.1, 0.15) is 16.4 Å². The van der Waals surface area contributed by atoms with Crippen molar-refractivity contribution in [3.63, 3.8) is 0 Å². The van der Waals surface area contributed by atoms with Crippen LogP contribution in [0, 0.1) is 12.3 Å². The highest BCUT2D eigenvalue weighted by atomic mass is 32.2. The molecule has 0 bridgehead atoms.